The van der Waals surface area contributed by atoms with Crippen LogP contribution >= 0.6 is 0 Å². The first kappa shape index (κ1) is 25.3. The van der Waals surface area contributed by atoms with Crippen LogP contribution in [0.4, 0.5) is 11.4 Å². The Bertz CT molecular complexity index is 1210. The summed E-state index contributed by atoms with van der Waals surface area (Å²) in [6, 6.07) is 21.3. The molecule has 0 unspecified atom stereocenters. The smallest absolute Gasteiger partial charge is 0.255 e. The molecule has 1 amide bonds. The van der Waals surface area contributed by atoms with Crippen molar-refractivity contribution in [2.24, 2.45) is 0 Å². The Morgan fingerprint density at radius 1 is 0.941 bits per heavy atom. The second-order valence-corrected chi connectivity index (χ2v) is 9.80. The number of carbonyl (C=O) groups is 1. The number of sulfonamides is 1. The maximum atomic E-state index is 13.3. The maximum Gasteiger partial charge on any atom is 0.255 e. The van der Waals surface area contributed by atoms with Crippen molar-refractivity contribution in [2.75, 3.05) is 37.5 Å². The zero-order chi connectivity index (χ0) is 24.7. The molecule has 0 aromatic heterocycles. The summed E-state index contributed by atoms with van der Waals surface area (Å²) in [6.45, 7) is 6.16. The van der Waals surface area contributed by atoms with E-state index in [1.165, 1.54) is 30.6 Å². The summed E-state index contributed by atoms with van der Waals surface area (Å²) < 4.78 is 33.2. The molecule has 3 rings (SSSR count). The van der Waals surface area contributed by atoms with E-state index in [0.717, 1.165) is 24.3 Å². The van der Waals surface area contributed by atoms with Crippen LogP contribution in [-0.2, 0) is 16.6 Å². The van der Waals surface area contributed by atoms with Gasteiger partial charge in [0.05, 0.1) is 7.11 Å². The van der Waals surface area contributed by atoms with Gasteiger partial charge in [0.2, 0.25) is 10.0 Å². The first-order valence-corrected chi connectivity index (χ1v) is 12.6. The van der Waals surface area contributed by atoms with E-state index >= 15 is 0 Å². The number of amides is 1. The molecule has 8 heteroatoms. The van der Waals surface area contributed by atoms with Gasteiger partial charge in [0, 0.05) is 43.6 Å². The van der Waals surface area contributed by atoms with Crippen molar-refractivity contribution in [3.8, 4) is 5.75 Å². The Morgan fingerprint density at radius 3 is 2.18 bits per heavy atom. The van der Waals surface area contributed by atoms with Gasteiger partial charge in [-0.15, -0.1) is 0 Å². The lowest BCUT2D eigenvalue weighted by Gasteiger charge is -2.21. The number of rotatable bonds is 10. The van der Waals surface area contributed by atoms with Crippen molar-refractivity contribution in [3.05, 3.63) is 83.9 Å². The summed E-state index contributed by atoms with van der Waals surface area (Å²) >= 11 is 0. The molecule has 180 valence electrons. The first-order valence-electron chi connectivity index (χ1n) is 11.1. The van der Waals surface area contributed by atoms with Crippen molar-refractivity contribution in [3.63, 3.8) is 0 Å². The SMILES string of the molecule is CCN(CC)c1ccc(NC(=O)c2ccc(OC)c(S(=O)(=O)N(C)Cc3ccccc3)c2)cc1. The van der Waals surface area contributed by atoms with Crippen molar-refractivity contribution in [2.45, 2.75) is 25.3 Å². The van der Waals surface area contributed by atoms with E-state index in [2.05, 4.69) is 24.1 Å². The summed E-state index contributed by atoms with van der Waals surface area (Å²) in [5.74, 6) is -0.222. The molecule has 0 radical (unpaired) electrons. The normalized spacial score (nSPS) is 11.3. The largest absolute Gasteiger partial charge is 0.495 e. The Morgan fingerprint density at radius 2 is 1.59 bits per heavy atom. The fourth-order valence-corrected chi connectivity index (χ4v) is 5.00. The van der Waals surface area contributed by atoms with E-state index in [-0.39, 0.29) is 22.8 Å². The third-order valence-corrected chi connectivity index (χ3v) is 7.44. The third kappa shape index (κ3) is 5.76. The Kier molecular flexibility index (Phi) is 8.31. The highest BCUT2D eigenvalue weighted by atomic mass is 32.2. The Balaban J connectivity index is 1.83. The standard InChI is InChI=1S/C26H31N3O4S/c1-5-29(6-2)23-15-13-22(14-16-23)27-26(30)21-12-17-24(33-4)25(18-21)34(31,32)28(3)19-20-10-8-7-9-11-20/h7-18H,5-6,19H2,1-4H3,(H,27,30). The minimum absolute atomic E-state index is 0.0574. The summed E-state index contributed by atoms with van der Waals surface area (Å²) in [5, 5.41) is 2.84. The molecule has 0 saturated carbocycles. The monoisotopic (exact) mass is 481 g/mol. The second-order valence-electron chi connectivity index (χ2n) is 7.79. The number of nitrogens with zero attached hydrogens (tertiary/aromatic N) is 2. The van der Waals surface area contributed by atoms with Gasteiger partial charge in [-0.2, -0.15) is 4.31 Å². The van der Waals surface area contributed by atoms with Crippen LogP contribution < -0.4 is 15.0 Å². The minimum atomic E-state index is -3.91. The topological polar surface area (TPSA) is 79.0 Å². The van der Waals surface area contributed by atoms with Crippen molar-refractivity contribution in [1.82, 2.24) is 4.31 Å². The van der Waals surface area contributed by atoms with E-state index in [0.29, 0.717) is 5.69 Å². The van der Waals surface area contributed by atoms with Gasteiger partial charge in [-0.1, -0.05) is 30.3 Å². The van der Waals surface area contributed by atoms with Crippen molar-refractivity contribution in [1.29, 1.82) is 0 Å². The quantitative estimate of drug-likeness (QED) is 0.457. The van der Waals surface area contributed by atoms with E-state index in [1.54, 1.807) is 6.07 Å². The second kappa shape index (κ2) is 11.2. The zero-order valence-electron chi connectivity index (χ0n) is 20.0. The van der Waals surface area contributed by atoms with Gasteiger partial charge in [0.1, 0.15) is 10.6 Å². The molecule has 0 aliphatic rings. The summed E-state index contributed by atoms with van der Waals surface area (Å²) in [6.07, 6.45) is 0. The van der Waals surface area contributed by atoms with Gasteiger partial charge in [0.15, 0.2) is 0 Å². The lowest BCUT2D eigenvalue weighted by molar-refractivity contribution is 0.102. The molecule has 1 N–H and O–H groups in total. The molecule has 0 atom stereocenters. The Labute approximate surface area is 202 Å². The van der Waals surface area contributed by atoms with Gasteiger partial charge in [-0.3, -0.25) is 4.79 Å². The third-order valence-electron chi connectivity index (χ3n) is 5.62. The molecule has 34 heavy (non-hydrogen) atoms. The molecule has 0 aliphatic carbocycles. The average Bonchev–Trinajstić information content (AvgIpc) is 2.86. The van der Waals surface area contributed by atoms with Gasteiger partial charge in [0.25, 0.3) is 5.91 Å². The van der Waals surface area contributed by atoms with E-state index < -0.39 is 15.9 Å². The number of methoxy groups -OCH3 is 1. The maximum absolute atomic E-state index is 13.3. The minimum Gasteiger partial charge on any atom is -0.495 e. The van der Waals surface area contributed by atoms with Gasteiger partial charge >= 0.3 is 0 Å². The van der Waals surface area contributed by atoms with E-state index in [1.807, 2.05) is 54.6 Å². The zero-order valence-corrected chi connectivity index (χ0v) is 20.8. The van der Waals surface area contributed by atoms with Crippen LogP contribution in [0.25, 0.3) is 0 Å². The molecule has 0 aliphatic heterocycles. The molecular formula is C26H31N3O4S. The Hall–Kier alpha value is -3.36. The highest BCUT2D eigenvalue weighted by Crippen LogP contribution is 2.29. The van der Waals surface area contributed by atoms with E-state index in [4.69, 9.17) is 4.74 Å². The van der Waals surface area contributed by atoms with Gasteiger partial charge in [-0.05, 0) is 61.9 Å². The number of anilines is 2. The van der Waals surface area contributed by atoms with Crippen LogP contribution in [0, 0.1) is 0 Å². The predicted molar refractivity (Wildman–Crippen MR) is 136 cm³/mol. The molecule has 0 fully saturated rings. The lowest BCUT2D eigenvalue weighted by Crippen LogP contribution is -2.27. The molecule has 0 spiro atoms. The highest BCUT2D eigenvalue weighted by Gasteiger charge is 2.26. The lowest BCUT2D eigenvalue weighted by atomic mass is 10.2. The number of ether oxygens (including phenoxy) is 1. The summed E-state index contributed by atoms with van der Waals surface area (Å²) in [5.41, 5.74) is 2.78. The number of hydrogen-bond acceptors (Lipinski definition) is 5. The van der Waals surface area contributed by atoms with E-state index in [9.17, 15) is 13.2 Å². The molecule has 7 nitrogen and oxygen atoms in total. The fourth-order valence-electron chi connectivity index (χ4n) is 3.66. The van der Waals surface area contributed by atoms with Gasteiger partial charge < -0.3 is 15.0 Å². The number of benzene rings is 3. The van der Waals surface area contributed by atoms with Crippen LogP contribution in [0.1, 0.15) is 29.8 Å². The average molecular weight is 482 g/mol. The molecular weight excluding hydrogens is 450 g/mol. The summed E-state index contributed by atoms with van der Waals surface area (Å²) in [4.78, 5) is 15.1. The van der Waals surface area contributed by atoms with Crippen LogP contribution in [0.5, 0.6) is 5.75 Å². The van der Waals surface area contributed by atoms with Crippen molar-refractivity contribution >= 4 is 27.3 Å². The molecule has 0 heterocycles. The first-order chi connectivity index (χ1) is 16.3. The molecule has 3 aromatic rings. The van der Waals surface area contributed by atoms with Crippen LogP contribution in [0.15, 0.2) is 77.7 Å². The van der Waals surface area contributed by atoms with Crippen LogP contribution in [0.2, 0.25) is 0 Å². The predicted octanol–water partition coefficient (Wildman–Crippen LogP) is 4.61. The van der Waals surface area contributed by atoms with Crippen molar-refractivity contribution < 1.29 is 17.9 Å². The number of nitrogens with one attached hydrogen (secondary N) is 1. The molecule has 0 bridgehead atoms. The van der Waals surface area contributed by atoms with Crippen LogP contribution in [0.3, 0.4) is 0 Å². The fraction of sp³-hybridized carbons (Fsp3) is 0.269. The number of carbonyl (C=O) groups excluding carboxylic acids is 1. The molecule has 3 aromatic carbocycles. The highest BCUT2D eigenvalue weighted by molar-refractivity contribution is 7.89. The number of hydrogen-bond donors (Lipinski definition) is 1. The van der Waals surface area contributed by atoms with Crippen LogP contribution in [-0.4, -0.2) is 45.9 Å². The summed E-state index contributed by atoms with van der Waals surface area (Å²) in [7, 11) is -0.996. The van der Waals surface area contributed by atoms with Gasteiger partial charge in [-0.25, -0.2) is 8.42 Å². The molecule has 0 saturated heterocycles.